The number of nitrogens with zero attached hydrogens (tertiary/aromatic N) is 1. The van der Waals surface area contributed by atoms with Gasteiger partial charge >= 0.3 is 0 Å². The first-order valence-electron chi connectivity index (χ1n) is 6.49. The van der Waals surface area contributed by atoms with Crippen LogP contribution >= 0.6 is 23.4 Å². The van der Waals surface area contributed by atoms with Crippen molar-refractivity contribution in [1.82, 2.24) is 9.97 Å². The number of hydrogen-bond acceptors (Lipinski definition) is 5. The quantitative estimate of drug-likeness (QED) is 0.442. The largest absolute Gasteiger partial charge is 0.506 e. The second-order valence-corrected chi connectivity index (χ2v) is 5.79. The van der Waals surface area contributed by atoms with Crippen LogP contribution in [0.15, 0.2) is 34.2 Å². The SMILES string of the molecule is CCc1cc(=O)[nH]c(SCC(=O)Nc2cc(Cl)ccc2O)n1. The van der Waals surface area contributed by atoms with Crippen molar-refractivity contribution in [2.24, 2.45) is 0 Å². The van der Waals surface area contributed by atoms with Crippen LogP contribution in [0.25, 0.3) is 0 Å². The van der Waals surface area contributed by atoms with Gasteiger partial charge in [0.1, 0.15) is 5.75 Å². The molecule has 0 spiro atoms. The molecular weight excluding hydrogens is 326 g/mol. The number of hydrogen-bond donors (Lipinski definition) is 3. The Hall–Kier alpha value is -1.99. The maximum atomic E-state index is 11.9. The number of carbonyl (C=O) groups excluding carboxylic acids is 1. The van der Waals surface area contributed by atoms with Gasteiger partial charge in [-0.3, -0.25) is 9.59 Å². The number of rotatable bonds is 5. The third-order valence-corrected chi connectivity index (χ3v) is 3.82. The minimum atomic E-state index is -0.341. The molecule has 3 N–H and O–H groups in total. The van der Waals surface area contributed by atoms with Gasteiger partial charge in [0.05, 0.1) is 11.4 Å². The Labute approximate surface area is 135 Å². The Bertz CT molecular complexity index is 748. The predicted molar refractivity (Wildman–Crippen MR) is 86.7 cm³/mol. The molecule has 0 aliphatic heterocycles. The average molecular weight is 340 g/mol. The third kappa shape index (κ3) is 4.51. The van der Waals surface area contributed by atoms with Gasteiger partial charge in [-0.05, 0) is 24.6 Å². The maximum Gasteiger partial charge on any atom is 0.251 e. The highest BCUT2D eigenvalue weighted by Crippen LogP contribution is 2.26. The van der Waals surface area contributed by atoms with Gasteiger partial charge in [-0.15, -0.1) is 0 Å². The molecule has 0 aliphatic carbocycles. The molecule has 0 saturated carbocycles. The number of H-pyrrole nitrogens is 1. The smallest absolute Gasteiger partial charge is 0.251 e. The number of aromatic amines is 1. The van der Waals surface area contributed by atoms with E-state index in [1.807, 2.05) is 6.92 Å². The first-order chi connectivity index (χ1) is 10.5. The summed E-state index contributed by atoms with van der Waals surface area (Å²) in [6.45, 7) is 1.89. The number of amides is 1. The van der Waals surface area contributed by atoms with E-state index in [2.05, 4.69) is 15.3 Å². The van der Waals surface area contributed by atoms with Crippen LogP contribution in [0.5, 0.6) is 5.75 Å². The van der Waals surface area contributed by atoms with Crippen LogP contribution in [0.3, 0.4) is 0 Å². The first kappa shape index (κ1) is 16.4. The Morgan fingerprint density at radius 2 is 2.23 bits per heavy atom. The van der Waals surface area contributed by atoms with E-state index in [0.717, 1.165) is 11.8 Å². The van der Waals surface area contributed by atoms with Crippen molar-refractivity contribution in [3.05, 3.63) is 45.3 Å². The van der Waals surface area contributed by atoms with E-state index < -0.39 is 0 Å². The lowest BCUT2D eigenvalue weighted by molar-refractivity contribution is -0.113. The van der Waals surface area contributed by atoms with Crippen molar-refractivity contribution in [3.63, 3.8) is 0 Å². The number of carbonyl (C=O) groups is 1. The van der Waals surface area contributed by atoms with E-state index in [1.54, 1.807) is 0 Å². The lowest BCUT2D eigenvalue weighted by atomic mass is 10.3. The number of aryl methyl sites for hydroxylation is 1. The van der Waals surface area contributed by atoms with Gasteiger partial charge in [0.2, 0.25) is 5.91 Å². The van der Waals surface area contributed by atoms with Crippen LogP contribution in [0, 0.1) is 0 Å². The van der Waals surface area contributed by atoms with Crippen LogP contribution < -0.4 is 10.9 Å². The lowest BCUT2D eigenvalue weighted by Gasteiger charge is -2.07. The Morgan fingerprint density at radius 1 is 1.45 bits per heavy atom. The number of phenolic OH excluding ortho intramolecular Hbond substituents is 1. The molecule has 1 aromatic carbocycles. The predicted octanol–water partition coefficient (Wildman–Crippen LogP) is 2.42. The molecule has 116 valence electrons. The molecule has 1 amide bonds. The summed E-state index contributed by atoms with van der Waals surface area (Å²) in [6, 6.07) is 5.80. The molecule has 0 bridgehead atoms. The summed E-state index contributed by atoms with van der Waals surface area (Å²) in [5.41, 5.74) is 0.656. The number of aromatic nitrogens is 2. The van der Waals surface area contributed by atoms with Gasteiger partial charge < -0.3 is 15.4 Å². The fraction of sp³-hybridized carbons (Fsp3) is 0.214. The number of halogens is 1. The molecule has 0 unspecified atom stereocenters. The van der Waals surface area contributed by atoms with Crippen molar-refractivity contribution in [2.45, 2.75) is 18.5 Å². The van der Waals surface area contributed by atoms with E-state index in [9.17, 15) is 14.7 Å². The number of benzene rings is 1. The Balaban J connectivity index is 2.00. The summed E-state index contributed by atoms with van der Waals surface area (Å²) in [4.78, 5) is 30.1. The zero-order valence-corrected chi connectivity index (χ0v) is 13.3. The van der Waals surface area contributed by atoms with Crippen LogP contribution in [-0.4, -0.2) is 26.7 Å². The van der Waals surface area contributed by atoms with Crippen molar-refractivity contribution in [1.29, 1.82) is 0 Å². The molecular formula is C14H14ClN3O3S. The standard InChI is InChI=1S/C14H14ClN3O3S/c1-2-9-6-12(20)18-14(16-9)22-7-13(21)17-10-5-8(15)3-4-11(10)19/h3-6,19H,2,7H2,1H3,(H,17,21)(H,16,18,20). The van der Waals surface area contributed by atoms with Gasteiger partial charge in [-0.2, -0.15) is 0 Å². The zero-order valence-electron chi connectivity index (χ0n) is 11.7. The van der Waals surface area contributed by atoms with E-state index in [1.165, 1.54) is 24.3 Å². The normalized spacial score (nSPS) is 10.5. The third-order valence-electron chi connectivity index (χ3n) is 2.71. The minimum absolute atomic E-state index is 0.0437. The Kier molecular flexibility index (Phi) is 5.46. The summed E-state index contributed by atoms with van der Waals surface area (Å²) >= 11 is 6.91. The van der Waals surface area contributed by atoms with E-state index in [-0.39, 0.29) is 28.7 Å². The topological polar surface area (TPSA) is 95.1 Å². The number of thioether (sulfide) groups is 1. The molecule has 2 rings (SSSR count). The highest BCUT2D eigenvalue weighted by molar-refractivity contribution is 7.99. The van der Waals surface area contributed by atoms with Crippen LogP contribution in [-0.2, 0) is 11.2 Å². The van der Waals surface area contributed by atoms with Crippen LogP contribution in [0.1, 0.15) is 12.6 Å². The molecule has 8 heteroatoms. The first-order valence-corrected chi connectivity index (χ1v) is 7.85. The Morgan fingerprint density at radius 3 is 2.95 bits per heavy atom. The summed E-state index contributed by atoms with van der Waals surface area (Å²) in [5, 5.41) is 13.0. The van der Waals surface area contributed by atoms with Crippen molar-refractivity contribution >= 4 is 35.0 Å². The zero-order chi connectivity index (χ0) is 16.1. The van der Waals surface area contributed by atoms with E-state index in [4.69, 9.17) is 11.6 Å². The van der Waals surface area contributed by atoms with Crippen LogP contribution in [0.2, 0.25) is 5.02 Å². The average Bonchev–Trinajstić information content (AvgIpc) is 2.48. The molecule has 0 fully saturated rings. The summed E-state index contributed by atoms with van der Waals surface area (Å²) in [7, 11) is 0. The van der Waals surface area contributed by atoms with Gasteiger partial charge in [0.25, 0.3) is 5.56 Å². The van der Waals surface area contributed by atoms with E-state index >= 15 is 0 Å². The van der Waals surface area contributed by atoms with Crippen molar-refractivity contribution in [3.8, 4) is 5.75 Å². The fourth-order valence-corrected chi connectivity index (χ4v) is 2.53. The maximum absolute atomic E-state index is 11.9. The molecule has 0 aliphatic rings. The lowest BCUT2D eigenvalue weighted by Crippen LogP contribution is -2.16. The summed E-state index contributed by atoms with van der Waals surface area (Å²) in [5.74, 6) is -0.364. The highest BCUT2D eigenvalue weighted by atomic mass is 35.5. The minimum Gasteiger partial charge on any atom is -0.506 e. The molecule has 0 radical (unpaired) electrons. The van der Waals surface area contributed by atoms with Gasteiger partial charge in [-0.25, -0.2) is 4.98 Å². The van der Waals surface area contributed by atoms with E-state index in [0.29, 0.717) is 22.3 Å². The second-order valence-electron chi connectivity index (χ2n) is 4.39. The molecule has 1 aromatic heterocycles. The van der Waals surface area contributed by atoms with Gasteiger partial charge in [0, 0.05) is 16.8 Å². The highest BCUT2D eigenvalue weighted by Gasteiger charge is 2.09. The summed E-state index contributed by atoms with van der Waals surface area (Å²) < 4.78 is 0. The number of phenols is 1. The molecule has 6 nitrogen and oxygen atoms in total. The second kappa shape index (κ2) is 7.33. The van der Waals surface area contributed by atoms with Crippen molar-refractivity contribution in [2.75, 3.05) is 11.1 Å². The van der Waals surface area contributed by atoms with Gasteiger partial charge in [0.15, 0.2) is 5.16 Å². The summed E-state index contributed by atoms with van der Waals surface area (Å²) in [6.07, 6.45) is 0.639. The number of aromatic hydroxyl groups is 1. The fourth-order valence-electron chi connectivity index (χ4n) is 1.66. The number of nitrogens with one attached hydrogen (secondary N) is 2. The molecule has 2 aromatic rings. The van der Waals surface area contributed by atoms with Crippen molar-refractivity contribution < 1.29 is 9.90 Å². The molecule has 0 atom stereocenters. The molecule has 0 saturated heterocycles. The monoisotopic (exact) mass is 339 g/mol. The molecule has 1 heterocycles. The number of anilines is 1. The van der Waals surface area contributed by atoms with Crippen LogP contribution in [0.4, 0.5) is 5.69 Å². The van der Waals surface area contributed by atoms with Gasteiger partial charge in [-0.1, -0.05) is 30.3 Å². The molecule has 22 heavy (non-hydrogen) atoms.